The van der Waals surface area contributed by atoms with E-state index in [4.69, 9.17) is 4.74 Å². The summed E-state index contributed by atoms with van der Waals surface area (Å²) >= 11 is 0. The second-order valence-corrected chi connectivity index (χ2v) is 7.09. The fraction of sp³-hybridized carbons (Fsp3) is 0.500. The van der Waals surface area contributed by atoms with Gasteiger partial charge in [-0.3, -0.25) is 4.98 Å². The van der Waals surface area contributed by atoms with Crippen LogP contribution >= 0.6 is 0 Å². The Kier molecular flexibility index (Phi) is 6.06. The van der Waals surface area contributed by atoms with Crippen LogP contribution in [0.1, 0.15) is 63.9 Å². The van der Waals surface area contributed by atoms with Crippen molar-refractivity contribution >= 4 is 0 Å². The maximum atomic E-state index is 14.4. The van der Waals surface area contributed by atoms with Crippen molar-refractivity contribution in [3.8, 4) is 17.0 Å². The first kappa shape index (κ1) is 17.9. The van der Waals surface area contributed by atoms with Crippen LogP contribution in [0.2, 0.25) is 0 Å². The number of ether oxygens (including phenoxy) is 1. The van der Waals surface area contributed by atoms with Crippen LogP contribution < -0.4 is 4.74 Å². The van der Waals surface area contributed by atoms with Crippen LogP contribution in [0.5, 0.6) is 5.75 Å². The predicted molar refractivity (Wildman–Crippen MR) is 100 cm³/mol. The predicted octanol–water partition coefficient (Wildman–Crippen LogP) is 6.36. The monoisotopic (exact) mass is 341 g/mol. The number of halogens is 1. The number of rotatable bonds is 6. The SMILES string of the molecule is CCCOc1ccc(-c2ccc(C3CCC(CC)CC3)cn2)c(F)c1. The summed E-state index contributed by atoms with van der Waals surface area (Å²) in [5.41, 5.74) is 2.51. The fourth-order valence-corrected chi connectivity index (χ4v) is 3.72. The Morgan fingerprint density at radius 1 is 1.08 bits per heavy atom. The minimum absolute atomic E-state index is 0.280. The molecule has 134 valence electrons. The summed E-state index contributed by atoms with van der Waals surface area (Å²) in [5.74, 6) is 1.80. The Morgan fingerprint density at radius 2 is 1.88 bits per heavy atom. The molecule has 2 nitrogen and oxygen atoms in total. The molecule has 0 amide bonds. The van der Waals surface area contributed by atoms with Gasteiger partial charge in [0.15, 0.2) is 0 Å². The molecule has 25 heavy (non-hydrogen) atoms. The molecule has 1 fully saturated rings. The van der Waals surface area contributed by atoms with Crippen molar-refractivity contribution in [1.82, 2.24) is 4.98 Å². The molecule has 3 rings (SSSR count). The third kappa shape index (κ3) is 4.39. The van der Waals surface area contributed by atoms with Crippen molar-refractivity contribution in [2.45, 2.75) is 58.3 Å². The van der Waals surface area contributed by atoms with Crippen LogP contribution in [-0.2, 0) is 0 Å². The van der Waals surface area contributed by atoms with Crippen molar-refractivity contribution in [3.05, 3.63) is 47.9 Å². The van der Waals surface area contributed by atoms with E-state index in [9.17, 15) is 4.39 Å². The van der Waals surface area contributed by atoms with Gasteiger partial charge in [0.05, 0.1) is 12.3 Å². The minimum atomic E-state index is -0.280. The maximum Gasteiger partial charge on any atom is 0.136 e. The molecule has 1 aliphatic carbocycles. The van der Waals surface area contributed by atoms with Crippen LogP contribution in [0.15, 0.2) is 36.5 Å². The summed E-state index contributed by atoms with van der Waals surface area (Å²) in [5, 5.41) is 0. The summed E-state index contributed by atoms with van der Waals surface area (Å²) in [4.78, 5) is 4.54. The van der Waals surface area contributed by atoms with Crippen LogP contribution in [0.25, 0.3) is 11.3 Å². The van der Waals surface area contributed by atoms with Gasteiger partial charge >= 0.3 is 0 Å². The van der Waals surface area contributed by atoms with Gasteiger partial charge in [0.25, 0.3) is 0 Å². The zero-order valence-corrected chi connectivity index (χ0v) is 15.3. The molecule has 0 spiro atoms. The second kappa shape index (κ2) is 8.46. The number of hydrogen-bond acceptors (Lipinski definition) is 2. The van der Waals surface area contributed by atoms with Gasteiger partial charge < -0.3 is 4.74 Å². The highest BCUT2D eigenvalue weighted by atomic mass is 19.1. The summed E-state index contributed by atoms with van der Waals surface area (Å²) in [6.45, 7) is 4.92. The molecule has 1 aliphatic rings. The fourth-order valence-electron chi connectivity index (χ4n) is 3.72. The Morgan fingerprint density at radius 3 is 2.48 bits per heavy atom. The molecule has 0 N–H and O–H groups in total. The molecule has 1 aromatic carbocycles. The van der Waals surface area contributed by atoms with Gasteiger partial charge in [-0.2, -0.15) is 0 Å². The molecule has 0 atom stereocenters. The van der Waals surface area contributed by atoms with Crippen molar-refractivity contribution in [1.29, 1.82) is 0 Å². The average molecular weight is 341 g/mol. The lowest BCUT2D eigenvalue weighted by Gasteiger charge is -2.27. The molecule has 0 aliphatic heterocycles. The molecule has 1 saturated carbocycles. The number of aromatic nitrogens is 1. The lowest BCUT2D eigenvalue weighted by atomic mass is 9.78. The molecule has 0 radical (unpaired) electrons. The second-order valence-electron chi connectivity index (χ2n) is 7.09. The molecule has 3 heteroatoms. The van der Waals surface area contributed by atoms with E-state index in [1.165, 1.54) is 43.7 Å². The number of benzene rings is 1. The third-order valence-corrected chi connectivity index (χ3v) is 5.37. The standard InChI is InChI=1S/C22H28FNO/c1-3-13-25-19-10-11-20(21(23)14-19)22-12-9-18(15-24-22)17-7-5-16(4-2)6-8-17/h9-12,14-17H,3-8,13H2,1-2H3. The highest BCUT2D eigenvalue weighted by Gasteiger charge is 2.21. The first-order valence-corrected chi connectivity index (χ1v) is 9.60. The van der Waals surface area contributed by atoms with Crippen molar-refractivity contribution < 1.29 is 9.13 Å². The zero-order chi connectivity index (χ0) is 17.6. The van der Waals surface area contributed by atoms with E-state index in [0.717, 1.165) is 12.3 Å². The lowest BCUT2D eigenvalue weighted by Crippen LogP contribution is -2.12. The van der Waals surface area contributed by atoms with E-state index in [2.05, 4.69) is 18.0 Å². The van der Waals surface area contributed by atoms with Crippen LogP contribution in [0, 0.1) is 11.7 Å². The summed E-state index contributed by atoms with van der Waals surface area (Å²) in [6.07, 6.45) is 9.27. The van der Waals surface area contributed by atoms with Gasteiger partial charge in [0.2, 0.25) is 0 Å². The maximum absolute atomic E-state index is 14.4. The Balaban J connectivity index is 1.70. The quantitative estimate of drug-likeness (QED) is 0.610. The minimum Gasteiger partial charge on any atom is -0.494 e. The van der Waals surface area contributed by atoms with Crippen LogP contribution in [-0.4, -0.2) is 11.6 Å². The van der Waals surface area contributed by atoms with Crippen LogP contribution in [0.3, 0.4) is 0 Å². The molecule has 0 bridgehead atoms. The average Bonchev–Trinajstić information content (AvgIpc) is 2.67. The molecular weight excluding hydrogens is 313 g/mol. The van der Waals surface area contributed by atoms with E-state index in [1.807, 2.05) is 25.3 Å². The highest BCUT2D eigenvalue weighted by Crippen LogP contribution is 2.37. The first-order chi connectivity index (χ1) is 12.2. The van der Waals surface area contributed by atoms with E-state index >= 15 is 0 Å². The number of nitrogens with zero attached hydrogens (tertiary/aromatic N) is 1. The summed E-state index contributed by atoms with van der Waals surface area (Å²) in [6, 6.07) is 9.10. The smallest absolute Gasteiger partial charge is 0.136 e. The van der Waals surface area contributed by atoms with E-state index in [0.29, 0.717) is 29.5 Å². The topological polar surface area (TPSA) is 22.1 Å². The molecule has 0 unspecified atom stereocenters. The van der Waals surface area contributed by atoms with Gasteiger partial charge in [0.1, 0.15) is 11.6 Å². The normalized spacial score (nSPS) is 20.4. The van der Waals surface area contributed by atoms with E-state index < -0.39 is 0 Å². The largest absolute Gasteiger partial charge is 0.494 e. The number of hydrogen-bond donors (Lipinski definition) is 0. The van der Waals surface area contributed by atoms with Crippen molar-refractivity contribution in [2.24, 2.45) is 5.92 Å². The Hall–Kier alpha value is -1.90. The Labute approximate surface area is 150 Å². The first-order valence-electron chi connectivity index (χ1n) is 9.60. The van der Waals surface area contributed by atoms with Gasteiger partial charge in [-0.1, -0.05) is 26.3 Å². The highest BCUT2D eigenvalue weighted by molar-refractivity contribution is 5.61. The molecule has 1 heterocycles. The molecule has 2 aromatic rings. The summed E-state index contributed by atoms with van der Waals surface area (Å²) in [7, 11) is 0. The van der Waals surface area contributed by atoms with E-state index in [1.54, 1.807) is 6.07 Å². The summed E-state index contributed by atoms with van der Waals surface area (Å²) < 4.78 is 19.9. The van der Waals surface area contributed by atoms with Gasteiger partial charge in [-0.05, 0) is 67.7 Å². The number of pyridine rings is 1. The third-order valence-electron chi connectivity index (χ3n) is 5.37. The van der Waals surface area contributed by atoms with Crippen molar-refractivity contribution in [2.75, 3.05) is 6.61 Å². The van der Waals surface area contributed by atoms with Gasteiger partial charge in [-0.25, -0.2) is 4.39 Å². The molecular formula is C22H28FNO. The van der Waals surface area contributed by atoms with Gasteiger partial charge in [0, 0.05) is 17.8 Å². The molecule has 1 aromatic heterocycles. The zero-order valence-electron chi connectivity index (χ0n) is 15.3. The molecule has 0 saturated heterocycles. The Bertz CT molecular complexity index is 675. The van der Waals surface area contributed by atoms with E-state index in [-0.39, 0.29) is 5.82 Å². The lowest BCUT2D eigenvalue weighted by molar-refractivity contribution is 0.316. The van der Waals surface area contributed by atoms with Gasteiger partial charge in [-0.15, -0.1) is 0 Å². The van der Waals surface area contributed by atoms with Crippen LogP contribution in [0.4, 0.5) is 4.39 Å². The van der Waals surface area contributed by atoms with Crippen molar-refractivity contribution in [3.63, 3.8) is 0 Å².